The van der Waals surface area contributed by atoms with E-state index in [1.54, 1.807) is 11.4 Å². The SMILES string of the molecule is O=C(O)[C@@H]1COC[C@@H]1NS(=O)(=O)c1cccs1. The summed E-state index contributed by atoms with van der Waals surface area (Å²) in [6.07, 6.45) is 0. The largest absolute Gasteiger partial charge is 0.481 e. The Morgan fingerprint density at radius 2 is 2.29 bits per heavy atom. The van der Waals surface area contributed by atoms with Gasteiger partial charge in [-0.25, -0.2) is 13.1 Å². The summed E-state index contributed by atoms with van der Waals surface area (Å²) in [5, 5.41) is 10.5. The molecule has 17 heavy (non-hydrogen) atoms. The Bertz CT molecular complexity index is 495. The molecule has 94 valence electrons. The zero-order chi connectivity index (χ0) is 12.5. The van der Waals surface area contributed by atoms with E-state index in [1.165, 1.54) is 6.07 Å². The van der Waals surface area contributed by atoms with Gasteiger partial charge in [-0.3, -0.25) is 4.79 Å². The van der Waals surface area contributed by atoms with Crippen LogP contribution in [0.3, 0.4) is 0 Å². The van der Waals surface area contributed by atoms with Crippen LogP contribution in [0.25, 0.3) is 0 Å². The second-order valence-electron chi connectivity index (χ2n) is 3.64. The normalized spacial score (nSPS) is 24.9. The number of hydrogen-bond acceptors (Lipinski definition) is 5. The molecule has 0 aromatic carbocycles. The van der Waals surface area contributed by atoms with Crippen LogP contribution in [-0.4, -0.2) is 38.7 Å². The van der Waals surface area contributed by atoms with Crippen molar-refractivity contribution in [1.82, 2.24) is 4.72 Å². The van der Waals surface area contributed by atoms with Crippen LogP contribution in [0.2, 0.25) is 0 Å². The number of aliphatic carboxylic acids is 1. The number of carboxylic acids is 1. The molecule has 0 aliphatic carbocycles. The van der Waals surface area contributed by atoms with Crippen LogP contribution < -0.4 is 4.72 Å². The number of nitrogens with one attached hydrogen (secondary N) is 1. The topological polar surface area (TPSA) is 92.7 Å². The highest BCUT2D eigenvalue weighted by Gasteiger charge is 2.37. The highest BCUT2D eigenvalue weighted by Crippen LogP contribution is 2.20. The fraction of sp³-hybridized carbons (Fsp3) is 0.444. The predicted molar refractivity (Wildman–Crippen MR) is 60.4 cm³/mol. The summed E-state index contributed by atoms with van der Waals surface area (Å²) in [7, 11) is -3.64. The van der Waals surface area contributed by atoms with Gasteiger partial charge in [0, 0.05) is 0 Å². The Kier molecular flexibility index (Phi) is 3.48. The number of thiophene rings is 1. The summed E-state index contributed by atoms with van der Waals surface area (Å²) in [5.41, 5.74) is 0. The van der Waals surface area contributed by atoms with Gasteiger partial charge in [0.2, 0.25) is 10.0 Å². The quantitative estimate of drug-likeness (QED) is 0.816. The number of carbonyl (C=O) groups is 1. The lowest BCUT2D eigenvalue weighted by Crippen LogP contribution is -2.42. The lowest BCUT2D eigenvalue weighted by atomic mass is 10.1. The van der Waals surface area contributed by atoms with Crippen LogP contribution in [-0.2, 0) is 19.6 Å². The Morgan fingerprint density at radius 3 is 2.88 bits per heavy atom. The lowest BCUT2D eigenvalue weighted by Gasteiger charge is -2.14. The molecule has 0 spiro atoms. The summed E-state index contributed by atoms with van der Waals surface area (Å²) in [4.78, 5) is 10.9. The molecule has 0 unspecified atom stereocenters. The molecule has 2 atom stereocenters. The summed E-state index contributed by atoms with van der Waals surface area (Å²) >= 11 is 1.08. The number of ether oxygens (including phenoxy) is 1. The molecule has 0 saturated carbocycles. The lowest BCUT2D eigenvalue weighted by molar-refractivity contribution is -0.142. The van der Waals surface area contributed by atoms with Gasteiger partial charge in [0.15, 0.2) is 0 Å². The first kappa shape index (κ1) is 12.5. The fourth-order valence-electron chi connectivity index (χ4n) is 1.59. The maximum atomic E-state index is 11.9. The first-order chi connectivity index (χ1) is 8.00. The smallest absolute Gasteiger partial charge is 0.310 e. The second kappa shape index (κ2) is 4.73. The molecular weight excluding hydrogens is 266 g/mol. The van der Waals surface area contributed by atoms with Crippen LogP contribution in [0.1, 0.15) is 0 Å². The van der Waals surface area contributed by atoms with E-state index in [9.17, 15) is 13.2 Å². The summed E-state index contributed by atoms with van der Waals surface area (Å²) in [6.45, 7) is 0.120. The fourth-order valence-corrected chi connectivity index (χ4v) is 3.86. The number of carboxylic acid groups (broad SMARTS) is 1. The molecule has 1 aromatic rings. The van der Waals surface area contributed by atoms with Crippen LogP contribution in [0.4, 0.5) is 0 Å². The molecule has 1 saturated heterocycles. The minimum atomic E-state index is -3.64. The van der Waals surface area contributed by atoms with Gasteiger partial charge in [-0.1, -0.05) is 6.07 Å². The van der Waals surface area contributed by atoms with Gasteiger partial charge < -0.3 is 9.84 Å². The molecule has 0 bridgehead atoms. The average molecular weight is 277 g/mol. The van der Waals surface area contributed by atoms with Gasteiger partial charge in [0.1, 0.15) is 4.21 Å². The van der Waals surface area contributed by atoms with E-state index in [2.05, 4.69) is 4.72 Å². The standard InChI is InChI=1S/C9H11NO5S2/c11-9(12)6-4-15-5-7(6)10-17(13,14)8-2-1-3-16-8/h1-3,6-7,10H,4-5H2,(H,11,12)/t6-,7+/m1/s1. The summed E-state index contributed by atoms with van der Waals surface area (Å²) < 4.78 is 31.3. The number of hydrogen-bond donors (Lipinski definition) is 2. The van der Waals surface area contributed by atoms with E-state index in [0.29, 0.717) is 0 Å². The molecule has 2 heterocycles. The molecule has 8 heteroatoms. The van der Waals surface area contributed by atoms with Crippen molar-refractivity contribution in [2.45, 2.75) is 10.3 Å². The Hall–Kier alpha value is -0.960. The molecule has 1 aliphatic heterocycles. The highest BCUT2D eigenvalue weighted by atomic mass is 32.2. The maximum absolute atomic E-state index is 11.9. The average Bonchev–Trinajstić information content (AvgIpc) is 2.85. The van der Waals surface area contributed by atoms with Crippen molar-refractivity contribution in [3.05, 3.63) is 17.5 Å². The van der Waals surface area contributed by atoms with Crippen molar-refractivity contribution in [1.29, 1.82) is 0 Å². The first-order valence-corrected chi connectivity index (χ1v) is 7.23. The summed E-state index contributed by atoms with van der Waals surface area (Å²) in [5.74, 6) is -1.88. The van der Waals surface area contributed by atoms with Gasteiger partial charge in [0.25, 0.3) is 0 Å². The maximum Gasteiger partial charge on any atom is 0.310 e. The van der Waals surface area contributed by atoms with Crippen molar-refractivity contribution >= 4 is 27.3 Å². The Morgan fingerprint density at radius 1 is 1.53 bits per heavy atom. The molecule has 6 nitrogen and oxygen atoms in total. The van der Waals surface area contributed by atoms with Crippen molar-refractivity contribution in [2.75, 3.05) is 13.2 Å². The van der Waals surface area contributed by atoms with Crippen LogP contribution in [0, 0.1) is 5.92 Å². The highest BCUT2D eigenvalue weighted by molar-refractivity contribution is 7.91. The van der Waals surface area contributed by atoms with Crippen molar-refractivity contribution in [3.8, 4) is 0 Å². The van der Waals surface area contributed by atoms with Gasteiger partial charge in [-0.2, -0.15) is 0 Å². The molecular formula is C9H11NO5S2. The third-order valence-corrected chi connectivity index (χ3v) is 5.35. The molecule has 1 aliphatic rings. The minimum Gasteiger partial charge on any atom is -0.481 e. The van der Waals surface area contributed by atoms with Crippen LogP contribution in [0.15, 0.2) is 21.7 Å². The van der Waals surface area contributed by atoms with E-state index >= 15 is 0 Å². The van der Waals surface area contributed by atoms with Crippen LogP contribution >= 0.6 is 11.3 Å². The minimum absolute atomic E-state index is 0.0347. The number of rotatable bonds is 4. The van der Waals surface area contributed by atoms with E-state index in [1.807, 2.05) is 0 Å². The summed E-state index contributed by atoms with van der Waals surface area (Å²) in [6, 6.07) is 2.39. The van der Waals surface area contributed by atoms with Gasteiger partial charge in [-0.15, -0.1) is 11.3 Å². The molecule has 1 aromatic heterocycles. The van der Waals surface area contributed by atoms with E-state index in [4.69, 9.17) is 9.84 Å². The Labute approximate surface area is 102 Å². The van der Waals surface area contributed by atoms with Crippen molar-refractivity contribution in [3.63, 3.8) is 0 Å². The first-order valence-electron chi connectivity index (χ1n) is 4.87. The third kappa shape index (κ3) is 2.65. The molecule has 1 fully saturated rings. The predicted octanol–water partition coefficient (Wildman–Crippen LogP) is 0.126. The molecule has 0 radical (unpaired) electrons. The van der Waals surface area contributed by atoms with Gasteiger partial charge in [-0.05, 0) is 11.4 Å². The second-order valence-corrected chi connectivity index (χ2v) is 6.53. The van der Waals surface area contributed by atoms with E-state index < -0.39 is 28.0 Å². The van der Waals surface area contributed by atoms with Gasteiger partial charge in [0.05, 0.1) is 25.2 Å². The zero-order valence-corrected chi connectivity index (χ0v) is 10.3. The van der Waals surface area contributed by atoms with E-state index in [0.717, 1.165) is 11.3 Å². The van der Waals surface area contributed by atoms with Crippen LogP contribution in [0.5, 0.6) is 0 Å². The van der Waals surface area contributed by atoms with Gasteiger partial charge >= 0.3 is 5.97 Å². The third-order valence-electron chi connectivity index (χ3n) is 2.46. The molecule has 2 N–H and O–H groups in total. The monoisotopic (exact) mass is 277 g/mol. The molecule has 0 amide bonds. The number of sulfonamides is 1. The molecule has 2 rings (SSSR count). The van der Waals surface area contributed by atoms with E-state index in [-0.39, 0.29) is 17.4 Å². The van der Waals surface area contributed by atoms with Crippen molar-refractivity contribution in [2.24, 2.45) is 5.92 Å². The zero-order valence-electron chi connectivity index (χ0n) is 8.70. The Balaban J connectivity index is 2.14. The van der Waals surface area contributed by atoms with Crippen molar-refractivity contribution < 1.29 is 23.1 Å².